The Balaban J connectivity index is 1.70. The predicted octanol–water partition coefficient (Wildman–Crippen LogP) is 3.47. The summed E-state index contributed by atoms with van der Waals surface area (Å²) in [6.45, 7) is 2.24. The number of fused-ring (bicyclic) bond motifs is 3. The summed E-state index contributed by atoms with van der Waals surface area (Å²) in [5, 5.41) is 14.6. The summed E-state index contributed by atoms with van der Waals surface area (Å²) in [6, 6.07) is 15.5. The zero-order valence-electron chi connectivity index (χ0n) is 18.7. The first-order chi connectivity index (χ1) is 16.4. The van der Waals surface area contributed by atoms with Crippen LogP contribution in [0.15, 0.2) is 61.1 Å². The molecule has 1 spiro atoms. The molecule has 168 valence electrons. The van der Waals surface area contributed by atoms with Crippen molar-refractivity contribution in [2.45, 2.75) is 18.4 Å². The lowest BCUT2D eigenvalue weighted by molar-refractivity contribution is -0.128. The molecular formula is C26H22N6O2. The van der Waals surface area contributed by atoms with Crippen molar-refractivity contribution in [3.05, 3.63) is 83.6 Å². The lowest BCUT2D eigenvalue weighted by Crippen LogP contribution is -2.58. The van der Waals surface area contributed by atoms with Crippen LogP contribution in [-0.2, 0) is 10.3 Å². The minimum absolute atomic E-state index is 0.302. The second-order valence-corrected chi connectivity index (χ2v) is 9.12. The lowest BCUT2D eigenvalue weighted by atomic mass is 9.59. The van der Waals surface area contributed by atoms with Crippen LogP contribution < -0.4 is 5.32 Å². The third-order valence-electron chi connectivity index (χ3n) is 7.48. The van der Waals surface area contributed by atoms with Crippen LogP contribution in [0.25, 0.3) is 10.9 Å². The molecule has 0 bridgehead atoms. The van der Waals surface area contributed by atoms with E-state index in [2.05, 4.69) is 26.3 Å². The molecule has 2 aliphatic heterocycles. The first-order valence-electron chi connectivity index (χ1n) is 11.1. The number of para-hydroxylation sites is 1. The summed E-state index contributed by atoms with van der Waals surface area (Å²) >= 11 is 0. The largest absolute Gasteiger partial charge is 0.360 e. The van der Waals surface area contributed by atoms with E-state index in [1.807, 2.05) is 54.3 Å². The van der Waals surface area contributed by atoms with Crippen LogP contribution >= 0.6 is 0 Å². The number of carbonyl (C=O) groups is 2. The van der Waals surface area contributed by atoms with Gasteiger partial charge in [-0.25, -0.2) is 4.98 Å². The maximum atomic E-state index is 14.6. The highest BCUT2D eigenvalue weighted by atomic mass is 16.2. The molecule has 34 heavy (non-hydrogen) atoms. The number of benzene rings is 2. The van der Waals surface area contributed by atoms with Crippen molar-refractivity contribution in [2.75, 3.05) is 18.9 Å². The molecule has 4 heterocycles. The first-order valence-corrected chi connectivity index (χ1v) is 11.1. The minimum Gasteiger partial charge on any atom is -0.360 e. The molecule has 3 atom stereocenters. The number of H-pyrrole nitrogens is 2. The number of aryl methyl sites for hydroxylation is 1. The van der Waals surface area contributed by atoms with E-state index < -0.39 is 22.7 Å². The number of imidazole rings is 1. The number of ketones is 1. The normalized spacial score (nSPS) is 26.0. The molecule has 2 aromatic heterocycles. The molecule has 0 unspecified atom stereocenters. The van der Waals surface area contributed by atoms with Gasteiger partial charge in [0.15, 0.2) is 16.7 Å². The van der Waals surface area contributed by atoms with Crippen LogP contribution in [0.3, 0.4) is 0 Å². The summed E-state index contributed by atoms with van der Waals surface area (Å²) in [5.74, 6) is -0.926. The van der Waals surface area contributed by atoms with E-state index in [1.165, 1.54) is 0 Å². The van der Waals surface area contributed by atoms with E-state index in [9.17, 15) is 14.9 Å². The van der Waals surface area contributed by atoms with E-state index in [1.54, 1.807) is 25.6 Å². The van der Waals surface area contributed by atoms with Gasteiger partial charge in [-0.2, -0.15) is 5.26 Å². The minimum atomic E-state index is -1.77. The number of nitrogens with zero attached hydrogens (tertiary/aromatic N) is 3. The van der Waals surface area contributed by atoms with Crippen LogP contribution in [0.5, 0.6) is 0 Å². The summed E-state index contributed by atoms with van der Waals surface area (Å²) in [4.78, 5) is 41.1. The number of nitrogens with one attached hydrogen (secondary N) is 3. The van der Waals surface area contributed by atoms with Gasteiger partial charge in [-0.1, -0.05) is 35.9 Å². The summed E-state index contributed by atoms with van der Waals surface area (Å²) in [7, 11) is 1.80. The zero-order valence-corrected chi connectivity index (χ0v) is 18.7. The van der Waals surface area contributed by atoms with Gasteiger partial charge < -0.3 is 15.3 Å². The molecule has 0 aliphatic carbocycles. The molecule has 2 aromatic carbocycles. The molecule has 0 radical (unpaired) electrons. The highest BCUT2D eigenvalue weighted by molar-refractivity contribution is 6.18. The van der Waals surface area contributed by atoms with Crippen molar-refractivity contribution >= 4 is 28.3 Å². The summed E-state index contributed by atoms with van der Waals surface area (Å²) in [5.41, 5.74) is 0.0934. The van der Waals surface area contributed by atoms with Crippen LogP contribution in [0.2, 0.25) is 0 Å². The number of anilines is 1. The second-order valence-electron chi connectivity index (χ2n) is 9.12. The van der Waals surface area contributed by atoms with Crippen LogP contribution in [0.4, 0.5) is 5.69 Å². The molecule has 0 saturated carbocycles. The average Bonchev–Trinajstić information content (AvgIpc) is 3.60. The van der Waals surface area contributed by atoms with E-state index in [0.717, 1.165) is 11.1 Å². The monoisotopic (exact) mass is 450 g/mol. The van der Waals surface area contributed by atoms with Crippen molar-refractivity contribution in [3.8, 4) is 6.07 Å². The Morgan fingerprint density at radius 2 is 2.06 bits per heavy atom. The number of hydrogen-bond acceptors (Lipinski definition) is 5. The van der Waals surface area contributed by atoms with E-state index in [-0.39, 0.29) is 5.91 Å². The Kier molecular flexibility index (Phi) is 4.13. The second kappa shape index (κ2) is 6.89. The number of nitriles is 1. The highest BCUT2D eigenvalue weighted by Crippen LogP contribution is 2.62. The molecule has 1 fully saturated rings. The topological polar surface area (TPSA) is 118 Å². The number of aromatic amines is 2. The van der Waals surface area contributed by atoms with Crippen molar-refractivity contribution < 1.29 is 9.59 Å². The van der Waals surface area contributed by atoms with Crippen LogP contribution in [0.1, 0.15) is 33.2 Å². The number of hydrogen-bond donors (Lipinski definition) is 3. The Morgan fingerprint density at radius 3 is 2.82 bits per heavy atom. The smallest absolute Gasteiger partial charge is 0.251 e. The lowest BCUT2D eigenvalue weighted by Gasteiger charge is -2.40. The van der Waals surface area contributed by atoms with Crippen molar-refractivity contribution in [3.63, 3.8) is 0 Å². The Bertz CT molecular complexity index is 1510. The predicted molar refractivity (Wildman–Crippen MR) is 126 cm³/mol. The van der Waals surface area contributed by atoms with Crippen molar-refractivity contribution in [1.82, 2.24) is 19.9 Å². The maximum absolute atomic E-state index is 14.6. The molecule has 8 nitrogen and oxygen atoms in total. The molecule has 8 heteroatoms. The number of likely N-dealkylation sites (N-methyl/N-ethyl adjacent to an activating group) is 1. The fourth-order valence-corrected chi connectivity index (χ4v) is 6.04. The van der Waals surface area contributed by atoms with Gasteiger partial charge in [0.2, 0.25) is 0 Å². The number of carbonyl (C=O) groups excluding carboxylic acids is 2. The van der Waals surface area contributed by atoms with Gasteiger partial charge in [0.1, 0.15) is 5.82 Å². The molecule has 1 amide bonds. The van der Waals surface area contributed by atoms with E-state index >= 15 is 0 Å². The SMILES string of the molecule is Cc1ccc2c(c1)[C@]1(C(=O)N2)N(C)C[C@H](c2ncc[nH]2)[C@@]1(C#N)C(=O)c1c[nH]c2ccccc12. The highest BCUT2D eigenvalue weighted by Gasteiger charge is 2.75. The standard InChI is InChI=1S/C26H22N6O2/c1-15-7-8-21-18(11-15)26(24(34)31-21)25(14-27,19(13-32(26)2)23-28-9-10-29-23)22(33)17-12-30-20-6-4-3-5-16(17)20/h3-12,19,30H,13H2,1-2H3,(H,28,29)(H,31,34)/t19-,25+,26-/m1/s1. The van der Waals surface area contributed by atoms with Gasteiger partial charge in [-0.3, -0.25) is 14.5 Å². The Morgan fingerprint density at radius 1 is 1.24 bits per heavy atom. The number of aromatic nitrogens is 3. The van der Waals surface area contributed by atoms with E-state index in [0.29, 0.717) is 34.6 Å². The number of Topliss-reactive ketones (excluding diaryl/α,β-unsaturated/α-hetero) is 1. The quantitative estimate of drug-likeness (QED) is 0.413. The van der Waals surface area contributed by atoms with Crippen LogP contribution in [0, 0.1) is 23.7 Å². The number of likely N-dealkylation sites (tertiary alicyclic amines) is 1. The average molecular weight is 451 g/mol. The summed E-state index contributed by atoms with van der Waals surface area (Å²) in [6.07, 6.45) is 4.91. The molecule has 4 aromatic rings. The van der Waals surface area contributed by atoms with Gasteiger partial charge in [0, 0.05) is 52.9 Å². The van der Waals surface area contributed by atoms with Gasteiger partial charge in [0.25, 0.3) is 5.91 Å². The van der Waals surface area contributed by atoms with E-state index in [4.69, 9.17) is 0 Å². The molecule has 2 aliphatic rings. The third-order valence-corrected chi connectivity index (χ3v) is 7.48. The fourth-order valence-electron chi connectivity index (χ4n) is 6.04. The van der Waals surface area contributed by atoms with Gasteiger partial charge in [-0.15, -0.1) is 0 Å². The fraction of sp³-hybridized carbons (Fsp3) is 0.231. The van der Waals surface area contributed by atoms with Gasteiger partial charge in [0.05, 0.1) is 12.0 Å². The summed E-state index contributed by atoms with van der Waals surface area (Å²) < 4.78 is 0. The molecular weight excluding hydrogens is 428 g/mol. The first kappa shape index (κ1) is 20.4. The number of amides is 1. The number of rotatable bonds is 3. The van der Waals surface area contributed by atoms with Gasteiger partial charge >= 0.3 is 0 Å². The van der Waals surface area contributed by atoms with Crippen molar-refractivity contribution in [1.29, 1.82) is 5.26 Å². The molecule has 1 saturated heterocycles. The van der Waals surface area contributed by atoms with Gasteiger partial charge in [-0.05, 0) is 26.1 Å². The maximum Gasteiger partial charge on any atom is 0.251 e. The van der Waals surface area contributed by atoms with Crippen LogP contribution in [-0.4, -0.2) is 45.1 Å². The third kappa shape index (κ3) is 2.27. The van der Waals surface area contributed by atoms with Crippen molar-refractivity contribution in [2.24, 2.45) is 5.41 Å². The Labute approximate surface area is 195 Å². The molecule has 6 rings (SSSR count). The zero-order chi connectivity index (χ0) is 23.7. The molecule has 3 N–H and O–H groups in total. The Hall–Kier alpha value is -4.22.